The fourth-order valence-electron chi connectivity index (χ4n) is 1.91. The summed E-state index contributed by atoms with van der Waals surface area (Å²) in [6, 6.07) is 0. The van der Waals surface area contributed by atoms with Crippen LogP contribution in [0.1, 0.15) is 0 Å². The van der Waals surface area contributed by atoms with Gasteiger partial charge in [-0.25, -0.2) is 0 Å². The predicted octanol–water partition coefficient (Wildman–Crippen LogP) is -2.00. The van der Waals surface area contributed by atoms with Crippen LogP contribution in [0.3, 0.4) is 0 Å². The Kier molecular flexibility index (Phi) is 2.07. The minimum Gasteiger partial charge on any atom is -0.376 e. The Morgan fingerprint density at radius 2 is 2.47 bits per heavy atom. The van der Waals surface area contributed by atoms with Gasteiger partial charge in [0.1, 0.15) is 0 Å². The normalized spacial score (nSPS) is 34.3. The van der Waals surface area contributed by atoms with Crippen LogP contribution in [0.15, 0.2) is 11.5 Å². The van der Waals surface area contributed by atoms with Crippen molar-refractivity contribution in [2.45, 2.75) is 12.0 Å². The van der Waals surface area contributed by atoms with Gasteiger partial charge in [-0.1, -0.05) is 0 Å². The third-order valence-corrected chi connectivity index (χ3v) is 2.64. The molecule has 1 saturated heterocycles. The van der Waals surface area contributed by atoms with Gasteiger partial charge in [-0.3, -0.25) is 15.0 Å². The van der Waals surface area contributed by atoms with Crippen LogP contribution >= 0.6 is 0 Å². The highest BCUT2D eigenvalue weighted by Crippen LogP contribution is 2.36. The van der Waals surface area contributed by atoms with E-state index in [1.54, 1.807) is 0 Å². The molecule has 1 fully saturated rings. The topological polar surface area (TPSA) is 108 Å². The van der Waals surface area contributed by atoms with Crippen molar-refractivity contribution in [3.8, 4) is 0 Å². The number of nitro groups is 1. The van der Waals surface area contributed by atoms with Crippen LogP contribution in [0.2, 0.25) is 0 Å². The number of fused-ring (bicyclic) bond motifs is 1. The van der Waals surface area contributed by atoms with E-state index >= 15 is 0 Å². The second-order valence-electron chi connectivity index (χ2n) is 3.33. The fraction of sp³-hybridized carbons (Fsp3) is 0.714. The molecule has 84 valence electrons. The molecule has 2 atom stereocenters. The second kappa shape index (κ2) is 3.05. The van der Waals surface area contributed by atoms with Crippen molar-refractivity contribution in [3.63, 3.8) is 0 Å². The molecule has 0 aromatic heterocycles. The monoisotopic (exact) mass is 217 g/mol. The Bertz CT molecular complexity index is 344. The molecule has 0 radical (unpaired) electrons. The van der Waals surface area contributed by atoms with E-state index < -0.39 is 22.6 Å². The highest BCUT2D eigenvalue weighted by Gasteiger charge is 2.59. The van der Waals surface area contributed by atoms with Crippen molar-refractivity contribution in [3.05, 3.63) is 21.6 Å². The molecule has 0 aromatic carbocycles. The highest BCUT2D eigenvalue weighted by atomic mass is 16.7. The van der Waals surface area contributed by atoms with Crippen LogP contribution in [0.5, 0.6) is 0 Å². The molecular formula is C7H11N3O5. The molecular weight excluding hydrogens is 206 g/mol. The van der Waals surface area contributed by atoms with E-state index in [2.05, 4.69) is 5.32 Å². The van der Waals surface area contributed by atoms with Crippen molar-refractivity contribution in [2.75, 3.05) is 20.2 Å². The number of hydrogen-bond donors (Lipinski definition) is 3. The summed E-state index contributed by atoms with van der Waals surface area (Å²) in [5.41, 5.74) is -0.461. The Labute approximate surface area is 84.9 Å². The average Bonchev–Trinajstić information content (AvgIpc) is 2.71. The van der Waals surface area contributed by atoms with E-state index in [9.17, 15) is 20.3 Å². The number of hydrogen-bond acceptors (Lipinski definition) is 7. The van der Waals surface area contributed by atoms with Gasteiger partial charge in [-0.05, 0) is 0 Å². The molecule has 3 N–H and O–H groups in total. The van der Waals surface area contributed by atoms with Gasteiger partial charge in [-0.15, -0.1) is 0 Å². The Balaban J connectivity index is 2.46. The maximum atomic E-state index is 10.7. The van der Waals surface area contributed by atoms with Gasteiger partial charge in [0, 0.05) is 20.2 Å². The fourth-order valence-corrected chi connectivity index (χ4v) is 1.91. The van der Waals surface area contributed by atoms with Gasteiger partial charge in [0.2, 0.25) is 6.10 Å². The molecule has 2 heterocycles. The maximum Gasteiger partial charge on any atom is 0.322 e. The first-order chi connectivity index (χ1) is 7.02. The first-order valence-corrected chi connectivity index (χ1v) is 4.38. The molecule has 2 aliphatic rings. The van der Waals surface area contributed by atoms with Crippen LogP contribution in [-0.2, 0) is 4.74 Å². The number of aliphatic hydroxyl groups is 2. The van der Waals surface area contributed by atoms with E-state index in [0.717, 1.165) is 0 Å². The van der Waals surface area contributed by atoms with Crippen LogP contribution in [0.25, 0.3) is 0 Å². The highest BCUT2D eigenvalue weighted by molar-refractivity contribution is 5.23. The molecule has 0 saturated carbocycles. The zero-order chi connectivity index (χ0) is 11.2. The SMILES string of the molecule is COC1(O)C(O)C([N+](=O)[O-])=C2NCCN21. The summed E-state index contributed by atoms with van der Waals surface area (Å²) >= 11 is 0. The van der Waals surface area contributed by atoms with Crippen LogP contribution < -0.4 is 5.32 Å². The molecule has 0 amide bonds. The average molecular weight is 217 g/mol. The van der Waals surface area contributed by atoms with E-state index in [1.807, 2.05) is 0 Å². The first kappa shape index (κ1) is 10.1. The molecule has 8 nitrogen and oxygen atoms in total. The van der Waals surface area contributed by atoms with Crippen molar-refractivity contribution in [2.24, 2.45) is 0 Å². The molecule has 8 heteroatoms. The summed E-state index contributed by atoms with van der Waals surface area (Å²) in [5, 5.41) is 33.0. The van der Waals surface area contributed by atoms with Gasteiger partial charge >= 0.3 is 5.70 Å². The number of rotatable bonds is 2. The van der Waals surface area contributed by atoms with Crippen LogP contribution in [0, 0.1) is 10.1 Å². The largest absolute Gasteiger partial charge is 0.376 e. The Morgan fingerprint density at radius 3 is 3.00 bits per heavy atom. The van der Waals surface area contributed by atoms with Gasteiger partial charge in [0.25, 0.3) is 5.91 Å². The predicted molar refractivity (Wildman–Crippen MR) is 46.7 cm³/mol. The maximum absolute atomic E-state index is 10.7. The quantitative estimate of drug-likeness (QED) is 0.279. The zero-order valence-electron chi connectivity index (χ0n) is 8.01. The summed E-state index contributed by atoms with van der Waals surface area (Å²) in [6.45, 7) is 0.805. The number of methoxy groups -OCH3 is 1. The van der Waals surface area contributed by atoms with Gasteiger partial charge in [0.15, 0.2) is 5.82 Å². The first-order valence-electron chi connectivity index (χ1n) is 4.38. The van der Waals surface area contributed by atoms with Crippen LogP contribution in [0.4, 0.5) is 0 Å². The molecule has 0 spiro atoms. The lowest BCUT2D eigenvalue weighted by Crippen LogP contribution is -2.53. The standard InChI is InChI=1S/C7H11N3O5/c1-15-7(12)5(11)4(10(13)14)6-8-2-3-9(6)7/h5,8,11-12H,2-3H2,1H3. The minimum atomic E-state index is -2.04. The van der Waals surface area contributed by atoms with E-state index in [1.165, 1.54) is 12.0 Å². The van der Waals surface area contributed by atoms with E-state index in [4.69, 9.17) is 4.74 Å². The van der Waals surface area contributed by atoms with Gasteiger partial charge in [-0.2, -0.15) is 0 Å². The van der Waals surface area contributed by atoms with Crippen molar-refractivity contribution >= 4 is 0 Å². The van der Waals surface area contributed by atoms with E-state index in [0.29, 0.717) is 13.1 Å². The molecule has 2 unspecified atom stereocenters. The zero-order valence-corrected chi connectivity index (χ0v) is 8.01. The van der Waals surface area contributed by atoms with Gasteiger partial charge in [0.05, 0.1) is 4.92 Å². The molecule has 0 bridgehead atoms. The smallest absolute Gasteiger partial charge is 0.322 e. The Morgan fingerprint density at radius 1 is 1.80 bits per heavy atom. The summed E-state index contributed by atoms with van der Waals surface area (Å²) in [4.78, 5) is 11.2. The summed E-state index contributed by atoms with van der Waals surface area (Å²) in [5.74, 6) is -1.92. The second-order valence-corrected chi connectivity index (χ2v) is 3.33. The summed E-state index contributed by atoms with van der Waals surface area (Å²) < 4.78 is 4.75. The molecule has 2 aliphatic heterocycles. The molecule has 0 aromatic rings. The molecule has 15 heavy (non-hydrogen) atoms. The van der Waals surface area contributed by atoms with Crippen molar-refractivity contribution in [1.82, 2.24) is 10.2 Å². The lowest BCUT2D eigenvalue weighted by molar-refractivity contribution is -0.444. The van der Waals surface area contributed by atoms with Crippen molar-refractivity contribution in [1.29, 1.82) is 0 Å². The molecule has 0 aliphatic carbocycles. The number of ether oxygens (including phenoxy) is 1. The third-order valence-electron chi connectivity index (χ3n) is 2.64. The molecule has 2 rings (SSSR count). The summed E-state index contributed by atoms with van der Waals surface area (Å²) in [6.07, 6.45) is -1.68. The minimum absolute atomic E-state index is 0.122. The number of aliphatic hydroxyl groups excluding tert-OH is 1. The van der Waals surface area contributed by atoms with Crippen molar-refractivity contribution < 1.29 is 19.9 Å². The summed E-state index contributed by atoms with van der Waals surface area (Å²) in [7, 11) is 1.18. The number of nitrogens with zero attached hydrogens (tertiary/aromatic N) is 2. The lowest BCUT2D eigenvalue weighted by atomic mass is 10.2. The number of nitrogens with one attached hydrogen (secondary N) is 1. The lowest BCUT2D eigenvalue weighted by Gasteiger charge is -2.32. The van der Waals surface area contributed by atoms with E-state index in [-0.39, 0.29) is 5.82 Å². The van der Waals surface area contributed by atoms with Gasteiger partial charge < -0.3 is 20.3 Å². The Hall–Kier alpha value is -1.38. The van der Waals surface area contributed by atoms with Crippen LogP contribution in [-0.4, -0.2) is 52.3 Å². The third kappa shape index (κ3) is 1.12.